The summed E-state index contributed by atoms with van der Waals surface area (Å²) in [4.78, 5) is 2.06. The summed E-state index contributed by atoms with van der Waals surface area (Å²) < 4.78 is 53.4. The summed E-state index contributed by atoms with van der Waals surface area (Å²) in [5.74, 6) is 0. The standard InChI is InChI=1S/C15H25N3O4S2/c1-18(2)12-8-10-13(11-9-12)24(21,22)17-15-7-5-4-6-14(15)16-23(3,19)20/h8-11,14-17H,4-7H2,1-3H3/t14-,15+/m0/s1. The average Bonchev–Trinajstić information content (AvgIpc) is 2.48. The molecule has 9 heteroatoms. The molecule has 1 aliphatic rings. The van der Waals surface area contributed by atoms with Crippen molar-refractivity contribution < 1.29 is 16.8 Å². The fraction of sp³-hybridized carbons (Fsp3) is 0.600. The van der Waals surface area contributed by atoms with Crippen molar-refractivity contribution in [1.82, 2.24) is 9.44 Å². The van der Waals surface area contributed by atoms with E-state index < -0.39 is 32.1 Å². The number of sulfonamides is 2. The highest BCUT2D eigenvalue weighted by Gasteiger charge is 2.31. The van der Waals surface area contributed by atoms with Crippen LogP contribution in [0.4, 0.5) is 5.69 Å². The largest absolute Gasteiger partial charge is 0.378 e. The molecule has 0 aliphatic heterocycles. The summed E-state index contributed by atoms with van der Waals surface area (Å²) in [6.45, 7) is 0. The van der Waals surface area contributed by atoms with Gasteiger partial charge in [-0.05, 0) is 37.1 Å². The summed E-state index contributed by atoms with van der Waals surface area (Å²) in [6, 6.07) is 5.74. The SMILES string of the molecule is CN(C)c1ccc(S(=O)(=O)N[C@@H]2CCCC[C@@H]2NS(C)(=O)=O)cc1. The van der Waals surface area contributed by atoms with E-state index in [0.29, 0.717) is 12.8 Å². The van der Waals surface area contributed by atoms with Crippen molar-refractivity contribution in [3.63, 3.8) is 0 Å². The van der Waals surface area contributed by atoms with Crippen LogP contribution in [0.1, 0.15) is 25.7 Å². The normalized spacial score (nSPS) is 22.3. The highest BCUT2D eigenvalue weighted by molar-refractivity contribution is 7.89. The van der Waals surface area contributed by atoms with Crippen molar-refractivity contribution in [3.05, 3.63) is 24.3 Å². The van der Waals surface area contributed by atoms with E-state index in [9.17, 15) is 16.8 Å². The van der Waals surface area contributed by atoms with Crippen molar-refractivity contribution in [3.8, 4) is 0 Å². The molecule has 0 saturated heterocycles. The molecule has 0 bridgehead atoms. The fourth-order valence-corrected chi connectivity index (χ4v) is 5.02. The van der Waals surface area contributed by atoms with Crippen LogP contribution in [0, 0.1) is 0 Å². The van der Waals surface area contributed by atoms with E-state index in [1.54, 1.807) is 24.3 Å². The number of nitrogens with one attached hydrogen (secondary N) is 2. The zero-order valence-electron chi connectivity index (χ0n) is 14.2. The van der Waals surface area contributed by atoms with Crippen molar-refractivity contribution in [2.24, 2.45) is 0 Å². The van der Waals surface area contributed by atoms with E-state index in [2.05, 4.69) is 9.44 Å². The fourth-order valence-electron chi connectivity index (χ4n) is 2.88. The lowest BCUT2D eigenvalue weighted by molar-refractivity contribution is 0.340. The molecule has 0 unspecified atom stereocenters. The molecule has 1 fully saturated rings. The van der Waals surface area contributed by atoms with E-state index in [1.807, 2.05) is 19.0 Å². The first-order valence-corrected chi connectivity index (χ1v) is 11.2. The van der Waals surface area contributed by atoms with Crippen molar-refractivity contribution >= 4 is 25.7 Å². The Morgan fingerprint density at radius 1 is 0.917 bits per heavy atom. The quantitative estimate of drug-likeness (QED) is 0.770. The van der Waals surface area contributed by atoms with Crippen LogP contribution in [0.2, 0.25) is 0 Å². The Hall–Kier alpha value is -1.16. The van der Waals surface area contributed by atoms with Gasteiger partial charge in [-0.1, -0.05) is 12.8 Å². The van der Waals surface area contributed by atoms with Crippen molar-refractivity contribution in [2.75, 3.05) is 25.3 Å². The first-order chi connectivity index (χ1) is 11.1. The van der Waals surface area contributed by atoms with Crippen LogP contribution in [0.15, 0.2) is 29.2 Å². The predicted octanol–water partition coefficient (Wildman–Crippen LogP) is 0.891. The number of hydrogen-bond acceptors (Lipinski definition) is 5. The lowest BCUT2D eigenvalue weighted by atomic mass is 9.92. The minimum atomic E-state index is -3.69. The maximum atomic E-state index is 12.6. The van der Waals surface area contributed by atoms with Gasteiger partial charge in [0.15, 0.2) is 0 Å². The third kappa shape index (κ3) is 5.17. The molecule has 0 amide bonds. The van der Waals surface area contributed by atoms with E-state index in [4.69, 9.17) is 0 Å². The van der Waals surface area contributed by atoms with Crippen LogP contribution in [0.5, 0.6) is 0 Å². The number of benzene rings is 1. The smallest absolute Gasteiger partial charge is 0.240 e. The van der Waals surface area contributed by atoms with Gasteiger partial charge >= 0.3 is 0 Å². The van der Waals surface area contributed by atoms with E-state index in [1.165, 1.54) is 0 Å². The summed E-state index contributed by atoms with van der Waals surface area (Å²) >= 11 is 0. The van der Waals surface area contributed by atoms with Gasteiger partial charge in [-0.25, -0.2) is 26.3 Å². The molecule has 0 heterocycles. The highest BCUT2D eigenvalue weighted by atomic mass is 32.2. The van der Waals surface area contributed by atoms with Crippen LogP contribution in [0.3, 0.4) is 0 Å². The van der Waals surface area contributed by atoms with Crippen molar-refractivity contribution in [2.45, 2.75) is 42.7 Å². The molecule has 0 radical (unpaired) electrons. The molecule has 0 aromatic heterocycles. The van der Waals surface area contributed by atoms with Gasteiger partial charge in [-0.15, -0.1) is 0 Å². The Balaban J connectivity index is 2.16. The molecule has 2 rings (SSSR count). The number of hydrogen-bond donors (Lipinski definition) is 2. The predicted molar refractivity (Wildman–Crippen MR) is 95.1 cm³/mol. The third-order valence-electron chi connectivity index (χ3n) is 4.10. The zero-order valence-corrected chi connectivity index (χ0v) is 15.8. The van der Waals surface area contributed by atoms with E-state index in [0.717, 1.165) is 24.8 Å². The topological polar surface area (TPSA) is 95.6 Å². The Bertz CT molecular complexity index is 758. The first kappa shape index (κ1) is 19.2. The molecule has 7 nitrogen and oxygen atoms in total. The van der Waals surface area contributed by atoms with Gasteiger partial charge in [0.25, 0.3) is 0 Å². The summed E-state index contributed by atoms with van der Waals surface area (Å²) in [5, 5.41) is 0. The lowest BCUT2D eigenvalue weighted by Crippen LogP contribution is -2.52. The Kier molecular flexibility index (Phi) is 5.90. The van der Waals surface area contributed by atoms with Crippen LogP contribution in [-0.2, 0) is 20.0 Å². The minimum absolute atomic E-state index is 0.178. The van der Waals surface area contributed by atoms with Gasteiger partial charge < -0.3 is 4.90 Å². The molecule has 1 aromatic rings. The van der Waals surface area contributed by atoms with Crippen LogP contribution < -0.4 is 14.3 Å². The van der Waals surface area contributed by atoms with Gasteiger partial charge in [0.1, 0.15) is 0 Å². The van der Waals surface area contributed by atoms with Gasteiger partial charge in [0.2, 0.25) is 20.0 Å². The van der Waals surface area contributed by atoms with Gasteiger partial charge in [0.05, 0.1) is 11.2 Å². The molecule has 24 heavy (non-hydrogen) atoms. The molecule has 2 N–H and O–H groups in total. The van der Waals surface area contributed by atoms with Crippen molar-refractivity contribution in [1.29, 1.82) is 0 Å². The second kappa shape index (κ2) is 7.38. The molecule has 1 aliphatic carbocycles. The molecule has 0 spiro atoms. The highest BCUT2D eigenvalue weighted by Crippen LogP contribution is 2.22. The van der Waals surface area contributed by atoms with Crippen LogP contribution >= 0.6 is 0 Å². The van der Waals surface area contributed by atoms with Crippen LogP contribution in [0.25, 0.3) is 0 Å². The monoisotopic (exact) mass is 375 g/mol. The van der Waals surface area contributed by atoms with Gasteiger partial charge in [-0.3, -0.25) is 0 Å². The minimum Gasteiger partial charge on any atom is -0.378 e. The molecule has 1 saturated carbocycles. The second-order valence-corrected chi connectivity index (χ2v) is 9.89. The summed E-state index contributed by atoms with van der Waals surface area (Å²) in [7, 11) is -3.32. The molecule has 2 atom stereocenters. The number of anilines is 1. The first-order valence-electron chi connectivity index (χ1n) is 7.85. The van der Waals surface area contributed by atoms with E-state index >= 15 is 0 Å². The Labute approximate surface area is 144 Å². The number of nitrogens with zero attached hydrogens (tertiary/aromatic N) is 1. The number of rotatable bonds is 6. The van der Waals surface area contributed by atoms with Gasteiger partial charge in [0, 0.05) is 31.9 Å². The zero-order chi connectivity index (χ0) is 18.0. The maximum absolute atomic E-state index is 12.6. The average molecular weight is 376 g/mol. The lowest BCUT2D eigenvalue weighted by Gasteiger charge is -2.32. The molecule has 1 aromatic carbocycles. The Morgan fingerprint density at radius 3 is 1.88 bits per heavy atom. The molecular weight excluding hydrogens is 350 g/mol. The third-order valence-corrected chi connectivity index (χ3v) is 6.34. The molecule has 136 valence electrons. The maximum Gasteiger partial charge on any atom is 0.240 e. The summed E-state index contributed by atoms with van der Waals surface area (Å²) in [5.41, 5.74) is 0.906. The summed E-state index contributed by atoms with van der Waals surface area (Å²) in [6.07, 6.45) is 4.08. The van der Waals surface area contributed by atoms with E-state index in [-0.39, 0.29) is 4.90 Å². The Morgan fingerprint density at radius 2 is 1.42 bits per heavy atom. The second-order valence-electron chi connectivity index (χ2n) is 6.40. The van der Waals surface area contributed by atoms with Crippen LogP contribution in [-0.4, -0.2) is 49.3 Å². The van der Waals surface area contributed by atoms with Gasteiger partial charge in [-0.2, -0.15) is 0 Å². The molecular formula is C15H25N3O4S2.